The Hall–Kier alpha value is -2.84. The highest BCUT2D eigenvalue weighted by atomic mass is 35.5. The summed E-state index contributed by atoms with van der Waals surface area (Å²) in [5, 5.41) is 5.53. The molecule has 1 N–H and O–H groups in total. The lowest BCUT2D eigenvalue weighted by Gasteiger charge is -2.21. The summed E-state index contributed by atoms with van der Waals surface area (Å²) in [6, 6.07) is 13.1. The molecule has 2 nitrogen and oxygen atoms in total. The van der Waals surface area contributed by atoms with Crippen LogP contribution < -0.4 is 15.8 Å². The zero-order valence-corrected chi connectivity index (χ0v) is 18.4. The second-order valence-electron chi connectivity index (χ2n) is 8.01. The molecule has 1 unspecified atom stereocenters. The van der Waals surface area contributed by atoms with Crippen LogP contribution in [-0.4, -0.2) is 11.7 Å². The summed E-state index contributed by atoms with van der Waals surface area (Å²) >= 11 is 5.74. The third-order valence-electron chi connectivity index (χ3n) is 5.99. The van der Waals surface area contributed by atoms with Gasteiger partial charge < -0.3 is 5.32 Å². The number of carbonyl (C=O) groups is 1. The first-order valence-corrected chi connectivity index (χ1v) is 11.6. The van der Waals surface area contributed by atoms with Crippen molar-refractivity contribution in [1.29, 1.82) is 0 Å². The van der Waals surface area contributed by atoms with Gasteiger partial charge >= 0.3 is 0 Å². The number of alkyl halides is 1. The van der Waals surface area contributed by atoms with E-state index in [0.717, 1.165) is 25.7 Å². The monoisotopic (exact) mass is 429 g/mol. The molecule has 0 fully saturated rings. The van der Waals surface area contributed by atoms with Crippen LogP contribution in [0.2, 0.25) is 0 Å². The molecule has 3 aliphatic rings. The van der Waals surface area contributed by atoms with E-state index in [4.69, 9.17) is 11.6 Å². The van der Waals surface area contributed by atoms with E-state index in [2.05, 4.69) is 53.9 Å². The smallest absolute Gasteiger partial charge is 0.139 e. The van der Waals surface area contributed by atoms with Crippen LogP contribution in [0.25, 0.3) is 23.3 Å². The van der Waals surface area contributed by atoms with Gasteiger partial charge in [0, 0.05) is 30.6 Å². The minimum atomic E-state index is 0.0535. The van der Waals surface area contributed by atoms with Crippen molar-refractivity contribution in [3.05, 3.63) is 94.7 Å². The number of nitrogens with one attached hydrogen (secondary N) is 1. The highest BCUT2D eigenvalue weighted by Gasteiger charge is 2.21. The third-order valence-corrected chi connectivity index (χ3v) is 6.26. The SMILES string of the molecule is C1=CC=CNC=C1.O=C(CCCCl)C1C=c2c(ccc3c2=CCc2ccccc2-3)CC1. The van der Waals surface area contributed by atoms with E-state index in [1.54, 1.807) is 0 Å². The average molecular weight is 430 g/mol. The molecule has 0 aromatic heterocycles. The Bertz CT molecular complexity index is 1140. The highest BCUT2D eigenvalue weighted by molar-refractivity contribution is 6.17. The summed E-state index contributed by atoms with van der Waals surface area (Å²) < 4.78 is 0. The summed E-state index contributed by atoms with van der Waals surface area (Å²) in [5.41, 5.74) is 5.41. The van der Waals surface area contributed by atoms with Crippen molar-refractivity contribution in [1.82, 2.24) is 5.32 Å². The number of halogens is 1. The van der Waals surface area contributed by atoms with Crippen LogP contribution in [0.5, 0.6) is 0 Å². The highest BCUT2D eigenvalue weighted by Crippen LogP contribution is 2.25. The molecule has 2 aromatic carbocycles. The number of rotatable bonds is 4. The lowest BCUT2D eigenvalue weighted by Crippen LogP contribution is -2.37. The number of aryl methyl sites for hydroxylation is 1. The normalized spacial score (nSPS) is 17.4. The molecular formula is C28H28ClNO. The first-order valence-electron chi connectivity index (χ1n) is 11.0. The molecule has 158 valence electrons. The Morgan fingerprint density at radius 3 is 2.55 bits per heavy atom. The second-order valence-corrected chi connectivity index (χ2v) is 8.38. The number of Topliss-reactive ketones (excluding diaryl/α,β-unsaturated/α-hetero) is 1. The zero-order valence-electron chi connectivity index (χ0n) is 17.7. The molecule has 31 heavy (non-hydrogen) atoms. The van der Waals surface area contributed by atoms with E-state index in [0.29, 0.717) is 18.1 Å². The molecule has 0 bridgehead atoms. The molecule has 0 radical (unpaired) electrons. The predicted molar refractivity (Wildman–Crippen MR) is 131 cm³/mol. The third kappa shape index (κ3) is 5.08. The van der Waals surface area contributed by atoms with Crippen molar-refractivity contribution >= 4 is 29.5 Å². The molecule has 0 saturated carbocycles. The maximum atomic E-state index is 12.4. The van der Waals surface area contributed by atoms with Crippen LogP contribution in [0.1, 0.15) is 30.4 Å². The van der Waals surface area contributed by atoms with Gasteiger partial charge in [0.2, 0.25) is 0 Å². The fourth-order valence-electron chi connectivity index (χ4n) is 4.41. The second kappa shape index (κ2) is 10.5. The quantitative estimate of drug-likeness (QED) is 0.707. The van der Waals surface area contributed by atoms with E-state index >= 15 is 0 Å². The van der Waals surface area contributed by atoms with Gasteiger partial charge in [-0.05, 0) is 70.5 Å². The van der Waals surface area contributed by atoms with Crippen molar-refractivity contribution in [3.63, 3.8) is 0 Å². The molecule has 1 heterocycles. The van der Waals surface area contributed by atoms with Gasteiger partial charge in [-0.15, -0.1) is 11.6 Å². The van der Waals surface area contributed by atoms with Crippen molar-refractivity contribution in [2.75, 3.05) is 5.88 Å². The summed E-state index contributed by atoms with van der Waals surface area (Å²) in [6.07, 6.45) is 20.4. The van der Waals surface area contributed by atoms with E-state index in [1.165, 1.54) is 32.7 Å². The van der Waals surface area contributed by atoms with Gasteiger partial charge in [0.15, 0.2) is 0 Å². The predicted octanol–water partition coefficient (Wildman–Crippen LogP) is 4.79. The minimum Gasteiger partial charge on any atom is -0.368 e. The van der Waals surface area contributed by atoms with Crippen molar-refractivity contribution in [2.24, 2.45) is 5.92 Å². The van der Waals surface area contributed by atoms with Crippen LogP contribution in [0.4, 0.5) is 0 Å². The Morgan fingerprint density at radius 2 is 1.74 bits per heavy atom. The Labute approximate surface area is 189 Å². The number of hydrogen-bond acceptors (Lipinski definition) is 2. The van der Waals surface area contributed by atoms with Gasteiger partial charge in [0.05, 0.1) is 0 Å². The number of carbonyl (C=O) groups excluding carboxylic acids is 1. The molecule has 5 rings (SSSR count). The first-order chi connectivity index (χ1) is 15.3. The van der Waals surface area contributed by atoms with Gasteiger partial charge in [-0.2, -0.15) is 0 Å². The topological polar surface area (TPSA) is 29.1 Å². The van der Waals surface area contributed by atoms with E-state index in [9.17, 15) is 4.79 Å². The zero-order chi connectivity index (χ0) is 21.5. The van der Waals surface area contributed by atoms with Crippen LogP contribution in [0, 0.1) is 5.92 Å². The Kier molecular flexibility index (Phi) is 7.22. The van der Waals surface area contributed by atoms with E-state index in [1.807, 2.05) is 36.7 Å². The number of hydrogen-bond donors (Lipinski definition) is 1. The molecule has 0 spiro atoms. The van der Waals surface area contributed by atoms with Crippen molar-refractivity contribution < 1.29 is 4.79 Å². The molecule has 1 aliphatic heterocycles. The standard InChI is InChI=1S/C22H21ClO.C6H7N/c23-13-3-6-22(24)17-8-7-16-10-11-19-18-5-2-1-4-15(18)9-12-20(19)21(16)14-17;1-2-4-6-7-5-3-1/h1-2,4-5,10-12,14,17H,3,6-9,13H2;1-7H. The Morgan fingerprint density at radius 1 is 0.935 bits per heavy atom. The maximum absolute atomic E-state index is 12.4. The first kappa shape index (κ1) is 21.4. The van der Waals surface area contributed by atoms with Gasteiger partial charge in [0.1, 0.15) is 5.78 Å². The lowest BCUT2D eigenvalue weighted by atomic mass is 9.83. The molecule has 0 saturated heterocycles. The van der Waals surface area contributed by atoms with E-state index in [-0.39, 0.29) is 5.92 Å². The van der Waals surface area contributed by atoms with Gasteiger partial charge in [-0.3, -0.25) is 4.79 Å². The number of fused-ring (bicyclic) bond motifs is 5. The average Bonchev–Trinajstić information content (AvgIpc) is 3.15. The molecule has 2 aromatic rings. The van der Waals surface area contributed by atoms with Crippen LogP contribution in [0.15, 0.2) is 73.1 Å². The van der Waals surface area contributed by atoms with Gasteiger partial charge in [-0.25, -0.2) is 0 Å². The summed E-state index contributed by atoms with van der Waals surface area (Å²) in [6.45, 7) is 0. The fourth-order valence-corrected chi connectivity index (χ4v) is 4.54. The fraction of sp³-hybridized carbons (Fsp3) is 0.250. The molecule has 0 amide bonds. The largest absolute Gasteiger partial charge is 0.368 e. The van der Waals surface area contributed by atoms with Gasteiger partial charge in [-0.1, -0.05) is 60.7 Å². The summed E-state index contributed by atoms with van der Waals surface area (Å²) in [7, 11) is 0. The van der Waals surface area contributed by atoms with Crippen LogP contribution >= 0.6 is 11.6 Å². The number of benzene rings is 2. The molecule has 3 heteroatoms. The summed E-state index contributed by atoms with van der Waals surface area (Å²) in [5.74, 6) is 0.961. The van der Waals surface area contributed by atoms with Crippen molar-refractivity contribution in [3.8, 4) is 11.1 Å². The van der Waals surface area contributed by atoms with Gasteiger partial charge in [0.25, 0.3) is 0 Å². The number of allylic oxidation sites excluding steroid dienone is 4. The Balaban J connectivity index is 0.000000282. The molecule has 1 atom stereocenters. The summed E-state index contributed by atoms with van der Waals surface area (Å²) in [4.78, 5) is 12.4. The molecular weight excluding hydrogens is 402 g/mol. The number of ketones is 1. The minimum absolute atomic E-state index is 0.0535. The van der Waals surface area contributed by atoms with Crippen molar-refractivity contribution in [2.45, 2.75) is 32.1 Å². The maximum Gasteiger partial charge on any atom is 0.139 e. The van der Waals surface area contributed by atoms with Crippen LogP contribution in [0.3, 0.4) is 0 Å². The van der Waals surface area contributed by atoms with Crippen LogP contribution in [-0.2, 0) is 17.6 Å². The lowest BCUT2D eigenvalue weighted by molar-refractivity contribution is -0.121. The molecule has 2 aliphatic carbocycles. The van der Waals surface area contributed by atoms with E-state index < -0.39 is 0 Å².